The smallest absolute Gasteiger partial charge is 0.259 e. The molecule has 3 heterocycles. The van der Waals surface area contributed by atoms with Crippen molar-refractivity contribution in [1.82, 2.24) is 24.4 Å². The summed E-state index contributed by atoms with van der Waals surface area (Å²) in [5, 5.41) is 3.64. The molecule has 230 valence electrons. The lowest BCUT2D eigenvalue weighted by Crippen LogP contribution is -2.56. The molecule has 0 saturated carbocycles. The number of aromatic nitrogens is 2. The lowest BCUT2D eigenvalue weighted by molar-refractivity contribution is -0.192. The second-order valence-electron chi connectivity index (χ2n) is 11.9. The van der Waals surface area contributed by atoms with Gasteiger partial charge in [0.25, 0.3) is 8.53 Å². The first-order valence-corrected chi connectivity index (χ1v) is 16.1. The van der Waals surface area contributed by atoms with Gasteiger partial charge in [-0.05, 0) is 54.0 Å². The van der Waals surface area contributed by atoms with Crippen LogP contribution in [-0.2, 0) is 20.3 Å². The molecule has 4 atom stereocenters. The average Bonchev–Trinajstić information content (AvgIpc) is 3.44. The molecule has 0 amide bonds. The van der Waals surface area contributed by atoms with E-state index in [1.807, 2.05) is 23.2 Å². The van der Waals surface area contributed by atoms with Crippen molar-refractivity contribution in [2.24, 2.45) is 4.99 Å². The van der Waals surface area contributed by atoms with Crippen molar-refractivity contribution in [3.05, 3.63) is 59.3 Å². The monoisotopic (exact) mass is 598 g/mol. The maximum absolute atomic E-state index is 8.65. The molecule has 2 unspecified atom stereocenters. The topological polar surface area (TPSA) is 80.7 Å². The molecule has 2 aromatic rings. The van der Waals surface area contributed by atoms with Crippen LogP contribution in [0.4, 0.5) is 5.82 Å². The molecule has 1 aromatic carbocycles. The highest BCUT2D eigenvalue weighted by molar-refractivity contribution is 7.44. The van der Waals surface area contributed by atoms with Gasteiger partial charge in [0, 0.05) is 51.8 Å². The first-order chi connectivity index (χ1) is 20.7. The zero-order chi connectivity index (χ0) is 31.0. The van der Waals surface area contributed by atoms with Gasteiger partial charge in [-0.1, -0.05) is 30.3 Å². The summed E-state index contributed by atoms with van der Waals surface area (Å²) in [6.07, 6.45) is 4.16. The van der Waals surface area contributed by atoms with Gasteiger partial charge >= 0.3 is 0 Å². The summed E-state index contributed by atoms with van der Waals surface area (Å²) in [6, 6.07) is 11.0. The Morgan fingerprint density at radius 3 is 2.64 bits per heavy atom. The van der Waals surface area contributed by atoms with Crippen LogP contribution < -0.4 is 5.32 Å². The first kappa shape index (κ1) is 31.2. The van der Waals surface area contributed by atoms with E-state index >= 15 is 0 Å². The molecule has 0 aliphatic carbocycles. The van der Waals surface area contributed by atoms with Crippen LogP contribution >= 0.6 is 8.53 Å². The third-order valence-electron chi connectivity index (χ3n) is 7.47. The molecule has 10 nitrogen and oxygen atoms in total. The number of rotatable bonds is 14. The number of aliphatic imine (C=N–C) groups is 1. The van der Waals surface area contributed by atoms with Crippen LogP contribution in [0, 0.1) is 6.57 Å². The minimum atomic E-state index is -1.45. The van der Waals surface area contributed by atoms with E-state index in [0.717, 1.165) is 24.5 Å². The van der Waals surface area contributed by atoms with Gasteiger partial charge in [-0.25, -0.2) is 21.2 Å². The van der Waals surface area contributed by atoms with Crippen LogP contribution in [-0.4, -0.2) is 81.9 Å². The van der Waals surface area contributed by atoms with Crippen molar-refractivity contribution >= 4 is 20.6 Å². The third-order valence-corrected chi connectivity index (χ3v) is 9.53. The van der Waals surface area contributed by atoms with E-state index in [-0.39, 0.29) is 50.4 Å². The van der Waals surface area contributed by atoms with E-state index in [4.69, 9.17) is 31.7 Å². The Balaban J connectivity index is 1.55. The first-order valence-electron chi connectivity index (χ1n) is 15.6. The molecule has 42 heavy (non-hydrogen) atoms. The lowest BCUT2D eigenvalue weighted by Gasteiger charge is -2.47. The van der Waals surface area contributed by atoms with Crippen LogP contribution in [0.1, 0.15) is 79.8 Å². The Labute approximate surface area is 254 Å². The van der Waals surface area contributed by atoms with Gasteiger partial charge in [-0.3, -0.25) is 9.47 Å². The van der Waals surface area contributed by atoms with Crippen LogP contribution in [0.15, 0.2) is 41.7 Å². The molecule has 2 aliphatic heterocycles. The summed E-state index contributed by atoms with van der Waals surface area (Å²) in [4.78, 5) is 15.4. The highest BCUT2D eigenvalue weighted by atomic mass is 31.2. The molecule has 0 spiro atoms. The Morgan fingerprint density at radius 2 is 1.98 bits per heavy atom. The molecule has 1 aromatic heterocycles. The number of hydrogen-bond acceptors (Lipinski definition) is 8. The predicted octanol–water partition coefficient (Wildman–Crippen LogP) is 6.12. The zero-order valence-corrected chi connectivity index (χ0v) is 26.8. The fraction of sp³-hybridized carbons (Fsp3) is 0.645. The normalized spacial score (nSPS) is 23.9. The molecule has 4 rings (SSSR count). The summed E-state index contributed by atoms with van der Waals surface area (Å²) < 4.78 is 32.4. The van der Waals surface area contributed by atoms with Gasteiger partial charge < -0.3 is 23.9 Å². The quantitative estimate of drug-likeness (QED) is 0.160. The van der Waals surface area contributed by atoms with Crippen LogP contribution in [0.2, 0.25) is 0 Å². The fourth-order valence-corrected chi connectivity index (χ4v) is 7.11. The molecule has 0 radical (unpaired) electrons. The maximum Gasteiger partial charge on any atom is 0.259 e. The molecule has 1 fully saturated rings. The Kier molecular flexibility index (Phi) is 11.1. The number of hydrogen-bond donors (Lipinski definition) is 1. The largest absolute Gasteiger partial charge is 0.347 e. The van der Waals surface area contributed by atoms with E-state index in [0.29, 0.717) is 19.7 Å². The van der Waals surface area contributed by atoms with Crippen molar-refractivity contribution in [3.8, 4) is 0 Å². The number of nitrogens with zero attached hydrogens (tertiary/aromatic N) is 6. The van der Waals surface area contributed by atoms with E-state index in [9.17, 15) is 0 Å². The lowest BCUT2D eigenvalue weighted by atomic mass is 10.0. The summed E-state index contributed by atoms with van der Waals surface area (Å²) in [5.41, 5.74) is 1.26. The molecular formula is C31H48N7O3P. The van der Waals surface area contributed by atoms with Crippen molar-refractivity contribution in [2.75, 3.05) is 32.8 Å². The van der Waals surface area contributed by atoms with E-state index in [1.54, 1.807) is 0 Å². The predicted molar refractivity (Wildman–Crippen MR) is 169 cm³/mol. The molecule has 0 bridgehead atoms. The molecule has 1 saturated heterocycles. The van der Waals surface area contributed by atoms with Crippen LogP contribution in [0.5, 0.6) is 0 Å². The summed E-state index contributed by atoms with van der Waals surface area (Å²) >= 11 is 0. The van der Waals surface area contributed by atoms with Gasteiger partial charge in [0.05, 0.1) is 19.0 Å². The summed E-state index contributed by atoms with van der Waals surface area (Å²) in [6.45, 7) is 22.8. The third kappa shape index (κ3) is 8.23. The van der Waals surface area contributed by atoms with Gasteiger partial charge in [-0.15, -0.1) is 0 Å². The maximum atomic E-state index is 8.65. The van der Waals surface area contributed by atoms with E-state index in [2.05, 4.69) is 85.5 Å². The van der Waals surface area contributed by atoms with Gasteiger partial charge in [0.1, 0.15) is 24.1 Å². The Morgan fingerprint density at radius 1 is 1.21 bits per heavy atom. The highest BCUT2D eigenvalue weighted by Gasteiger charge is 2.42. The van der Waals surface area contributed by atoms with Crippen molar-refractivity contribution in [3.63, 3.8) is 0 Å². The average molecular weight is 599 g/mol. The number of fused-ring (bicyclic) bond motifs is 1. The van der Waals surface area contributed by atoms with Crippen molar-refractivity contribution in [2.45, 2.75) is 97.4 Å². The minimum absolute atomic E-state index is 0.0305. The van der Waals surface area contributed by atoms with Crippen molar-refractivity contribution in [1.29, 1.82) is 0 Å². The van der Waals surface area contributed by atoms with Crippen LogP contribution in [0.3, 0.4) is 0 Å². The Hall–Kier alpha value is -2.22. The molecular weight excluding hydrogens is 549 g/mol. The highest BCUT2D eigenvalue weighted by Crippen LogP contribution is 2.47. The SMILES string of the molecule is [2H]C[C@@]1(COP(OCC[N+]#[C-])N(C(C)C)C(C)C)CN(C(C)C)C[C@H](n2cnc3c2N=CCC3NCc2ccccc2)O1. The van der Waals surface area contributed by atoms with E-state index in [1.165, 1.54) is 5.56 Å². The second kappa shape index (κ2) is 15.0. The standard InChI is InChI=1S/C31H48N7O3P/c1-23(2)36-19-28(37-22-35-29-27(14-15-33-30(29)37)34-18-26-12-10-9-11-13-26)41-31(7,20-36)21-40-42(39-17-16-32-8)38(24(3)4)25(5)6/h9-13,15,22-25,27-28,34H,14,16-21H2,1-7H3/t27?,28-,31+,42?/m1/s1/i7D. The number of ether oxygens (including phenoxy) is 1. The van der Waals surface area contributed by atoms with E-state index < -0.39 is 14.1 Å². The zero-order valence-electron chi connectivity index (χ0n) is 26.9. The summed E-state index contributed by atoms with van der Waals surface area (Å²) in [7, 11) is -1.45. The number of benzene rings is 1. The molecule has 2 aliphatic rings. The number of imidazole rings is 1. The summed E-state index contributed by atoms with van der Waals surface area (Å²) in [5.74, 6) is 0.794. The number of morpholine rings is 1. The molecule has 1 N–H and O–H groups in total. The Bertz CT molecular complexity index is 1210. The van der Waals surface area contributed by atoms with Crippen molar-refractivity contribution < 1.29 is 15.2 Å². The van der Waals surface area contributed by atoms with Crippen LogP contribution in [0.25, 0.3) is 4.85 Å². The number of nitrogens with one attached hydrogen (secondary N) is 1. The minimum Gasteiger partial charge on any atom is -0.347 e. The van der Waals surface area contributed by atoms with Gasteiger partial charge in [0.15, 0.2) is 5.82 Å². The van der Waals surface area contributed by atoms with Gasteiger partial charge in [-0.2, -0.15) is 0 Å². The molecule has 11 heteroatoms. The second-order valence-corrected chi connectivity index (χ2v) is 13.4. The fourth-order valence-electron chi connectivity index (χ4n) is 5.43. The van der Waals surface area contributed by atoms with Gasteiger partial charge in [0.2, 0.25) is 6.54 Å².